The van der Waals surface area contributed by atoms with Crippen molar-refractivity contribution in [3.05, 3.63) is 54.5 Å². The van der Waals surface area contributed by atoms with Crippen molar-refractivity contribution in [2.24, 2.45) is 0 Å². The van der Waals surface area contributed by atoms with Gasteiger partial charge in [0, 0.05) is 0 Å². The number of aliphatic hydroxyl groups excluding tert-OH is 2. The Kier molecular flexibility index (Phi) is 7.83. The van der Waals surface area contributed by atoms with E-state index in [-0.39, 0.29) is 18.2 Å². The van der Waals surface area contributed by atoms with E-state index in [9.17, 15) is 19.6 Å². The Labute approximate surface area is 213 Å². The van der Waals surface area contributed by atoms with Gasteiger partial charge in [-0.2, -0.15) is 10.2 Å². The normalized spacial score (nSPS) is 26.0. The molecule has 5 N–H and O–H groups in total. The van der Waals surface area contributed by atoms with Crippen LogP contribution in [0.3, 0.4) is 0 Å². The minimum Gasteiger partial charge on any atom is -0.465 e. The number of anilines is 1. The quantitative estimate of drug-likeness (QED) is 0.217. The lowest BCUT2D eigenvalue weighted by Crippen LogP contribution is -2.40. The number of nitrogens with two attached hydrogens (primary N) is 1. The average Bonchev–Trinajstić information content (AvgIpc) is 3.40. The first-order valence-corrected chi connectivity index (χ1v) is 13.2. The fourth-order valence-corrected chi connectivity index (χ4v) is 5.60. The lowest BCUT2D eigenvalue weighted by Gasteiger charge is -2.27. The maximum atomic E-state index is 13.7. The van der Waals surface area contributed by atoms with Crippen molar-refractivity contribution in [2.45, 2.75) is 50.7 Å². The fraction of sp³-hybridized carbons (Fsp3) is 0.435. The number of aromatic nitrogens is 3. The van der Waals surface area contributed by atoms with Crippen LogP contribution in [0.1, 0.15) is 26.5 Å². The zero-order chi connectivity index (χ0) is 26.8. The van der Waals surface area contributed by atoms with Gasteiger partial charge in [0.25, 0.3) is 0 Å². The van der Waals surface area contributed by atoms with Gasteiger partial charge >= 0.3 is 13.7 Å². The third kappa shape index (κ3) is 5.47. The van der Waals surface area contributed by atoms with Crippen LogP contribution in [0.4, 0.5) is 5.82 Å². The van der Waals surface area contributed by atoms with E-state index in [1.165, 1.54) is 17.8 Å². The molecule has 0 bridgehead atoms. The molecule has 1 aliphatic heterocycles. The maximum Gasteiger partial charge on any atom is 0.459 e. The van der Waals surface area contributed by atoms with E-state index in [0.717, 1.165) is 0 Å². The van der Waals surface area contributed by atoms with Gasteiger partial charge in [-0.1, -0.05) is 18.2 Å². The Bertz CT molecular complexity index is 1290. The number of nitrogen functional groups attached to an aromatic ring is 1. The van der Waals surface area contributed by atoms with Crippen LogP contribution >= 0.6 is 7.75 Å². The highest BCUT2D eigenvalue weighted by molar-refractivity contribution is 7.52. The molecular formula is C23H30N5O8P. The Morgan fingerprint density at radius 2 is 2.03 bits per heavy atom. The van der Waals surface area contributed by atoms with E-state index in [0.29, 0.717) is 11.2 Å². The Morgan fingerprint density at radius 3 is 2.73 bits per heavy atom. The molecule has 3 heterocycles. The van der Waals surface area contributed by atoms with E-state index in [4.69, 9.17) is 24.3 Å². The molecule has 3 aromatic rings. The molecule has 1 aliphatic rings. The van der Waals surface area contributed by atoms with Crippen molar-refractivity contribution < 1.29 is 38.1 Å². The molecule has 14 heteroatoms. The second-order valence-corrected chi connectivity index (χ2v) is 10.4. The molecule has 6 atom stereocenters. The van der Waals surface area contributed by atoms with Crippen molar-refractivity contribution in [1.82, 2.24) is 19.7 Å². The van der Waals surface area contributed by atoms with Crippen LogP contribution < -0.4 is 15.3 Å². The van der Waals surface area contributed by atoms with E-state index in [1.807, 2.05) is 0 Å². The lowest BCUT2D eigenvalue weighted by molar-refractivity contribution is -0.144. The number of carbonyl (C=O) groups excluding carboxylic acids is 1. The summed E-state index contributed by atoms with van der Waals surface area (Å²) < 4.78 is 37.4. The van der Waals surface area contributed by atoms with Crippen molar-refractivity contribution in [3.63, 3.8) is 0 Å². The number of rotatable bonds is 10. The largest absolute Gasteiger partial charge is 0.465 e. The molecule has 0 spiro atoms. The Hall–Kier alpha value is -3.06. The molecule has 200 valence electrons. The van der Waals surface area contributed by atoms with Crippen molar-refractivity contribution in [1.29, 1.82) is 0 Å². The molecule has 4 rings (SSSR count). The maximum absolute atomic E-state index is 13.7. The van der Waals surface area contributed by atoms with Gasteiger partial charge in [0.15, 0.2) is 5.82 Å². The predicted molar refractivity (Wildman–Crippen MR) is 131 cm³/mol. The molecule has 1 fully saturated rings. The number of para-hydroxylation sites is 1. The Morgan fingerprint density at radius 1 is 1.30 bits per heavy atom. The molecule has 0 aliphatic carbocycles. The standard InChI is InChI=1S/C23H30N5O8P/c1-4-33-22(31)14(2)27-37(32,36-15-8-6-5-7-9-15)34-12-17-19(29)20(30)23(3,35-17)18-11-10-16-21(24)25-13-26-28(16)18/h5-11,13-14,17,19-20,29-30H,4,12H2,1-3H3,(H,27,32)(H2,24,25,26)/t14-,17+,19+,20+,23-,37?/m0/s1. The minimum absolute atomic E-state index is 0.138. The number of hydrogen-bond donors (Lipinski definition) is 4. The summed E-state index contributed by atoms with van der Waals surface area (Å²) in [6.45, 7) is 4.38. The molecule has 1 unspecified atom stereocenters. The number of benzene rings is 1. The van der Waals surface area contributed by atoms with E-state index in [2.05, 4.69) is 15.2 Å². The molecule has 13 nitrogen and oxygen atoms in total. The number of nitrogens with zero attached hydrogens (tertiary/aromatic N) is 3. The van der Waals surface area contributed by atoms with Crippen molar-refractivity contribution in [2.75, 3.05) is 18.9 Å². The molecule has 37 heavy (non-hydrogen) atoms. The number of carbonyl (C=O) groups is 1. The molecule has 0 amide bonds. The molecular weight excluding hydrogens is 505 g/mol. The van der Waals surface area contributed by atoms with Gasteiger partial charge in [-0.05, 0) is 45.0 Å². The highest BCUT2D eigenvalue weighted by Gasteiger charge is 2.54. The lowest BCUT2D eigenvalue weighted by atomic mass is 9.93. The third-order valence-electron chi connectivity index (χ3n) is 6.02. The van der Waals surface area contributed by atoms with Gasteiger partial charge in [-0.3, -0.25) is 9.32 Å². The van der Waals surface area contributed by atoms with Crippen molar-refractivity contribution in [3.8, 4) is 5.75 Å². The van der Waals surface area contributed by atoms with Crippen molar-refractivity contribution >= 4 is 25.1 Å². The predicted octanol–water partition coefficient (Wildman–Crippen LogP) is 1.39. The summed E-state index contributed by atoms with van der Waals surface area (Å²) >= 11 is 0. The van der Waals surface area contributed by atoms with Crippen LogP contribution in [0.25, 0.3) is 5.52 Å². The molecule has 1 aromatic carbocycles. The zero-order valence-electron chi connectivity index (χ0n) is 20.6. The highest BCUT2D eigenvalue weighted by atomic mass is 31.2. The topological polar surface area (TPSA) is 180 Å². The second-order valence-electron chi connectivity index (χ2n) is 8.66. The molecule has 0 radical (unpaired) electrons. The SMILES string of the molecule is CCOC(=O)[C@H](C)NP(=O)(OC[C@H]1O[C@@](C)(c2ccc3c(N)ncnn23)[C@H](O)[C@@H]1O)Oc1ccccc1. The molecule has 2 aromatic heterocycles. The summed E-state index contributed by atoms with van der Waals surface area (Å²) in [5.74, 6) is -0.188. The van der Waals surface area contributed by atoms with Crippen LogP contribution in [0, 0.1) is 0 Å². The summed E-state index contributed by atoms with van der Waals surface area (Å²) in [7, 11) is -4.19. The number of fused-ring (bicyclic) bond motifs is 1. The van der Waals surface area contributed by atoms with Crippen LogP contribution in [0.2, 0.25) is 0 Å². The first kappa shape index (κ1) is 27.0. The van der Waals surface area contributed by atoms with E-state index < -0.39 is 50.3 Å². The van der Waals surface area contributed by atoms with Crippen LogP contribution in [-0.2, 0) is 29.0 Å². The van der Waals surface area contributed by atoms with Crippen LogP contribution in [0.15, 0.2) is 48.8 Å². The number of aliphatic hydroxyl groups is 2. The van der Waals surface area contributed by atoms with Gasteiger partial charge in [-0.15, -0.1) is 0 Å². The Balaban J connectivity index is 1.54. The summed E-state index contributed by atoms with van der Waals surface area (Å²) in [5.41, 5.74) is 5.41. The van der Waals surface area contributed by atoms with Gasteiger partial charge in [0.05, 0.1) is 18.9 Å². The summed E-state index contributed by atoms with van der Waals surface area (Å²) in [5, 5.41) is 28.5. The van der Waals surface area contributed by atoms with E-state index in [1.54, 1.807) is 56.3 Å². The van der Waals surface area contributed by atoms with Gasteiger partial charge in [0.1, 0.15) is 47.5 Å². The number of esters is 1. The third-order valence-corrected chi connectivity index (χ3v) is 7.67. The summed E-state index contributed by atoms with van der Waals surface area (Å²) in [6, 6.07) is 10.5. The fourth-order valence-electron chi connectivity index (χ4n) is 4.10. The monoisotopic (exact) mass is 535 g/mol. The zero-order valence-corrected chi connectivity index (χ0v) is 21.4. The number of hydrogen-bond acceptors (Lipinski definition) is 11. The van der Waals surface area contributed by atoms with Gasteiger partial charge in [-0.25, -0.2) is 14.1 Å². The van der Waals surface area contributed by atoms with Gasteiger partial charge in [0.2, 0.25) is 0 Å². The highest BCUT2D eigenvalue weighted by Crippen LogP contribution is 2.47. The summed E-state index contributed by atoms with van der Waals surface area (Å²) in [4.78, 5) is 16.1. The molecule has 1 saturated heterocycles. The second kappa shape index (κ2) is 10.7. The van der Waals surface area contributed by atoms with Crippen LogP contribution in [0.5, 0.6) is 5.75 Å². The first-order valence-electron chi connectivity index (χ1n) is 11.6. The minimum atomic E-state index is -4.19. The number of nitrogens with one attached hydrogen (secondary N) is 1. The van der Waals surface area contributed by atoms with Crippen LogP contribution in [-0.4, -0.2) is 68.3 Å². The molecule has 0 saturated carbocycles. The van der Waals surface area contributed by atoms with E-state index >= 15 is 0 Å². The summed E-state index contributed by atoms with van der Waals surface area (Å²) in [6.07, 6.45) is -2.66. The smallest absolute Gasteiger partial charge is 0.459 e. The first-order chi connectivity index (χ1) is 17.6. The van der Waals surface area contributed by atoms with Gasteiger partial charge < -0.3 is 29.9 Å². The average molecular weight is 535 g/mol. The number of ether oxygens (including phenoxy) is 2.